The minimum atomic E-state index is -0.472. The number of anilines is 1. The van der Waals surface area contributed by atoms with E-state index in [-0.39, 0.29) is 23.7 Å². The van der Waals surface area contributed by atoms with Crippen LogP contribution in [-0.2, 0) is 9.59 Å². The number of hydrazine groups is 1. The molecule has 0 aromatic heterocycles. The van der Waals surface area contributed by atoms with Crippen LogP contribution in [0.25, 0.3) is 0 Å². The van der Waals surface area contributed by atoms with Gasteiger partial charge in [0.15, 0.2) is 0 Å². The average Bonchev–Trinajstić information content (AvgIpc) is 3.29. The molecule has 26 heavy (non-hydrogen) atoms. The number of amides is 2. The zero-order chi connectivity index (χ0) is 17.8. The standard InChI is InChI=1S/C20H18FN3O2/c21-14-9-7-13(8-10-14)17-16-18(23-12-4-11-22(17)23)20(26)24(19(16)25)15-5-2-1-3-6-15/h1-3,5-10,16-18H,4,11-12H2/t16-,17-,18-/m0/s1. The fraction of sp³-hybridized carbons (Fsp3) is 0.300. The number of fused-ring (bicyclic) bond motifs is 3. The van der Waals surface area contributed by atoms with E-state index in [4.69, 9.17) is 0 Å². The fourth-order valence-electron chi connectivity index (χ4n) is 4.60. The Hall–Kier alpha value is -2.57. The van der Waals surface area contributed by atoms with Crippen LogP contribution < -0.4 is 4.90 Å². The maximum absolute atomic E-state index is 13.4. The molecule has 132 valence electrons. The lowest BCUT2D eigenvalue weighted by Gasteiger charge is -2.29. The van der Waals surface area contributed by atoms with Crippen LogP contribution in [-0.4, -0.2) is 41.0 Å². The summed E-state index contributed by atoms with van der Waals surface area (Å²) in [4.78, 5) is 27.7. The molecular weight excluding hydrogens is 333 g/mol. The Balaban J connectivity index is 1.59. The number of carbonyl (C=O) groups excluding carboxylic acids is 2. The molecule has 3 aliphatic heterocycles. The molecule has 2 aromatic rings. The van der Waals surface area contributed by atoms with Gasteiger partial charge in [0, 0.05) is 13.1 Å². The summed E-state index contributed by atoms with van der Waals surface area (Å²) in [5, 5.41) is 4.17. The van der Waals surface area contributed by atoms with Gasteiger partial charge in [0.1, 0.15) is 11.9 Å². The number of hydrogen-bond donors (Lipinski definition) is 0. The molecule has 3 saturated heterocycles. The van der Waals surface area contributed by atoms with Gasteiger partial charge in [-0.3, -0.25) is 9.59 Å². The molecular formula is C20H18FN3O2. The Bertz CT molecular complexity index is 870. The molecule has 0 saturated carbocycles. The smallest absolute Gasteiger partial charge is 0.253 e. The number of benzene rings is 2. The molecule has 2 aromatic carbocycles. The van der Waals surface area contributed by atoms with Gasteiger partial charge in [0.2, 0.25) is 5.91 Å². The van der Waals surface area contributed by atoms with Crippen molar-refractivity contribution in [2.45, 2.75) is 18.5 Å². The zero-order valence-electron chi connectivity index (χ0n) is 14.1. The Morgan fingerprint density at radius 1 is 0.808 bits per heavy atom. The quantitative estimate of drug-likeness (QED) is 0.779. The first-order valence-corrected chi connectivity index (χ1v) is 8.88. The molecule has 3 fully saturated rings. The molecule has 5 rings (SSSR count). The first kappa shape index (κ1) is 15.7. The molecule has 0 unspecified atom stereocenters. The monoisotopic (exact) mass is 351 g/mol. The minimum Gasteiger partial charge on any atom is -0.274 e. The summed E-state index contributed by atoms with van der Waals surface area (Å²) in [6.45, 7) is 1.57. The fourth-order valence-corrected chi connectivity index (χ4v) is 4.60. The largest absolute Gasteiger partial charge is 0.274 e. The molecule has 0 aliphatic carbocycles. The van der Waals surface area contributed by atoms with Crippen molar-refractivity contribution in [3.05, 3.63) is 66.0 Å². The van der Waals surface area contributed by atoms with E-state index in [2.05, 4.69) is 5.01 Å². The van der Waals surface area contributed by atoms with Crippen LogP contribution >= 0.6 is 0 Å². The van der Waals surface area contributed by atoms with Crippen LogP contribution in [0.4, 0.5) is 10.1 Å². The summed E-state index contributed by atoms with van der Waals surface area (Å²) in [5.41, 5.74) is 1.49. The Kier molecular flexibility index (Phi) is 3.45. The normalized spacial score (nSPS) is 28.7. The number of nitrogens with zero attached hydrogens (tertiary/aromatic N) is 3. The second-order valence-electron chi connectivity index (χ2n) is 6.99. The van der Waals surface area contributed by atoms with E-state index in [0.29, 0.717) is 5.69 Å². The van der Waals surface area contributed by atoms with Crippen molar-refractivity contribution in [3.63, 3.8) is 0 Å². The number of imide groups is 1. The van der Waals surface area contributed by atoms with Crippen molar-refractivity contribution in [1.82, 2.24) is 10.0 Å². The van der Waals surface area contributed by atoms with E-state index in [9.17, 15) is 14.0 Å². The maximum atomic E-state index is 13.4. The van der Waals surface area contributed by atoms with Gasteiger partial charge in [-0.15, -0.1) is 0 Å². The molecule has 3 atom stereocenters. The van der Waals surface area contributed by atoms with Gasteiger partial charge in [0.05, 0.1) is 17.6 Å². The summed E-state index contributed by atoms with van der Waals surface area (Å²) < 4.78 is 13.4. The van der Waals surface area contributed by atoms with Crippen LogP contribution in [0.5, 0.6) is 0 Å². The summed E-state index contributed by atoms with van der Waals surface area (Å²) in [6, 6.07) is 14.7. The van der Waals surface area contributed by atoms with Crippen molar-refractivity contribution in [3.8, 4) is 0 Å². The zero-order valence-corrected chi connectivity index (χ0v) is 14.1. The second kappa shape index (κ2) is 5.72. The molecule has 2 amide bonds. The third-order valence-electron chi connectivity index (χ3n) is 5.63. The lowest BCUT2D eigenvalue weighted by atomic mass is 9.90. The number of hydrogen-bond acceptors (Lipinski definition) is 4. The Morgan fingerprint density at radius 2 is 1.46 bits per heavy atom. The predicted molar refractivity (Wildman–Crippen MR) is 93.4 cm³/mol. The van der Waals surface area contributed by atoms with E-state index in [1.54, 1.807) is 24.3 Å². The third-order valence-corrected chi connectivity index (χ3v) is 5.63. The molecule has 5 nitrogen and oxygen atoms in total. The summed E-state index contributed by atoms with van der Waals surface area (Å²) in [7, 11) is 0. The summed E-state index contributed by atoms with van der Waals surface area (Å²) in [5.74, 6) is -1.10. The van der Waals surface area contributed by atoms with Crippen molar-refractivity contribution in [1.29, 1.82) is 0 Å². The van der Waals surface area contributed by atoms with Crippen LogP contribution in [0.3, 0.4) is 0 Å². The van der Waals surface area contributed by atoms with E-state index < -0.39 is 12.0 Å². The van der Waals surface area contributed by atoms with Gasteiger partial charge in [0.25, 0.3) is 5.91 Å². The van der Waals surface area contributed by atoms with Crippen molar-refractivity contribution in [2.24, 2.45) is 5.92 Å². The maximum Gasteiger partial charge on any atom is 0.253 e. The van der Waals surface area contributed by atoms with Gasteiger partial charge in [-0.1, -0.05) is 30.3 Å². The lowest BCUT2D eigenvalue weighted by Crippen LogP contribution is -2.44. The van der Waals surface area contributed by atoms with Gasteiger partial charge in [-0.25, -0.2) is 19.3 Å². The first-order valence-electron chi connectivity index (χ1n) is 8.88. The first-order chi connectivity index (χ1) is 12.7. The van der Waals surface area contributed by atoms with E-state index in [1.165, 1.54) is 17.0 Å². The molecule has 0 radical (unpaired) electrons. The lowest BCUT2D eigenvalue weighted by molar-refractivity contribution is -0.126. The van der Waals surface area contributed by atoms with E-state index in [1.807, 2.05) is 23.2 Å². The molecule has 3 aliphatic rings. The number of para-hydroxylation sites is 1. The van der Waals surface area contributed by atoms with Crippen molar-refractivity contribution in [2.75, 3.05) is 18.0 Å². The topological polar surface area (TPSA) is 43.9 Å². The van der Waals surface area contributed by atoms with Gasteiger partial charge in [-0.2, -0.15) is 0 Å². The van der Waals surface area contributed by atoms with E-state index in [0.717, 1.165) is 25.1 Å². The van der Waals surface area contributed by atoms with Crippen LogP contribution in [0, 0.1) is 11.7 Å². The van der Waals surface area contributed by atoms with Crippen LogP contribution in [0.15, 0.2) is 54.6 Å². The highest BCUT2D eigenvalue weighted by Crippen LogP contribution is 2.48. The number of carbonyl (C=O) groups is 2. The molecule has 3 heterocycles. The highest BCUT2D eigenvalue weighted by atomic mass is 19.1. The third kappa shape index (κ3) is 2.09. The van der Waals surface area contributed by atoms with Gasteiger partial charge < -0.3 is 0 Å². The Labute approximate surface area is 150 Å². The molecule has 0 bridgehead atoms. The second-order valence-corrected chi connectivity index (χ2v) is 6.99. The summed E-state index contributed by atoms with van der Waals surface area (Å²) >= 11 is 0. The number of halogens is 1. The SMILES string of the molecule is O=C1[C@@H]2[C@@H](C(=O)N1c1ccccc1)N1CCCN1[C@H]2c1ccc(F)cc1. The molecule has 6 heteroatoms. The Morgan fingerprint density at radius 3 is 2.15 bits per heavy atom. The van der Waals surface area contributed by atoms with Gasteiger partial charge in [-0.05, 0) is 36.2 Å². The van der Waals surface area contributed by atoms with Crippen LogP contribution in [0.2, 0.25) is 0 Å². The van der Waals surface area contributed by atoms with Crippen molar-refractivity contribution >= 4 is 17.5 Å². The summed E-state index contributed by atoms with van der Waals surface area (Å²) in [6.07, 6.45) is 0.952. The van der Waals surface area contributed by atoms with Crippen molar-refractivity contribution < 1.29 is 14.0 Å². The van der Waals surface area contributed by atoms with Crippen LogP contribution in [0.1, 0.15) is 18.0 Å². The average molecular weight is 351 g/mol. The highest BCUT2D eigenvalue weighted by Gasteiger charge is 2.62. The van der Waals surface area contributed by atoms with E-state index >= 15 is 0 Å². The highest BCUT2D eigenvalue weighted by molar-refractivity contribution is 6.24. The number of rotatable bonds is 2. The molecule has 0 spiro atoms. The minimum absolute atomic E-state index is 0.164. The molecule has 0 N–H and O–H groups in total. The predicted octanol–water partition coefficient (Wildman–Crippen LogP) is 2.36. The van der Waals surface area contributed by atoms with Gasteiger partial charge >= 0.3 is 0 Å².